The highest BCUT2D eigenvalue weighted by Gasteiger charge is 2.28. The molecule has 0 saturated carbocycles. The first-order chi connectivity index (χ1) is 8.91. The molecule has 0 saturated heterocycles. The van der Waals surface area contributed by atoms with Gasteiger partial charge >= 0.3 is 6.18 Å². The van der Waals surface area contributed by atoms with E-state index < -0.39 is 18.6 Å². The monoisotopic (exact) mass is 278 g/mol. The second-order valence-electron chi connectivity index (χ2n) is 3.99. The first-order valence-electron chi connectivity index (χ1n) is 5.66. The molecule has 0 radical (unpaired) electrons. The number of hydrogen-bond donors (Lipinski definition) is 2. The van der Waals surface area contributed by atoms with Gasteiger partial charge in [-0.05, 0) is 24.1 Å². The molecule has 108 valence electrons. The Balaban J connectivity index is 2.86. The molecule has 0 fully saturated rings. The van der Waals surface area contributed by atoms with E-state index in [1.54, 1.807) is 18.2 Å². The predicted octanol–water partition coefficient (Wildman–Crippen LogP) is 2.55. The molecular formula is C12H17F3N2O2. The van der Waals surface area contributed by atoms with Crippen molar-refractivity contribution in [1.82, 2.24) is 5.43 Å². The number of alkyl halides is 3. The van der Waals surface area contributed by atoms with Crippen LogP contribution in [0.4, 0.5) is 13.2 Å². The lowest BCUT2D eigenvalue weighted by Crippen LogP contribution is -2.29. The summed E-state index contributed by atoms with van der Waals surface area (Å²) < 4.78 is 46.8. The molecule has 0 aliphatic rings. The van der Waals surface area contributed by atoms with Crippen molar-refractivity contribution in [2.75, 3.05) is 14.2 Å². The van der Waals surface area contributed by atoms with Gasteiger partial charge in [-0.25, -0.2) is 0 Å². The molecular weight excluding hydrogens is 261 g/mol. The number of nitrogens with two attached hydrogens (primary N) is 1. The zero-order chi connectivity index (χ0) is 14.5. The summed E-state index contributed by atoms with van der Waals surface area (Å²) in [5, 5.41) is 0. The minimum Gasteiger partial charge on any atom is -0.493 e. The summed E-state index contributed by atoms with van der Waals surface area (Å²) in [5.74, 6) is 6.27. The van der Waals surface area contributed by atoms with E-state index in [4.69, 9.17) is 15.3 Å². The average molecular weight is 278 g/mol. The first kappa shape index (κ1) is 15.6. The van der Waals surface area contributed by atoms with E-state index in [1.165, 1.54) is 14.2 Å². The molecule has 0 aliphatic carbocycles. The summed E-state index contributed by atoms with van der Waals surface area (Å²) in [6.07, 6.45) is -5.25. The molecule has 4 nitrogen and oxygen atoms in total. The standard InChI is InChI=1S/C12H17F3N2O2/c1-18-10-4-3-8(7-11(10)19-2)9(17-16)5-6-12(13,14)15/h3-4,7,9,17H,5-6,16H2,1-2H3. The maximum Gasteiger partial charge on any atom is 0.389 e. The van der Waals surface area contributed by atoms with Crippen LogP contribution in [0.15, 0.2) is 18.2 Å². The van der Waals surface area contributed by atoms with Crippen LogP contribution in [-0.2, 0) is 0 Å². The topological polar surface area (TPSA) is 56.5 Å². The molecule has 1 unspecified atom stereocenters. The fourth-order valence-corrected chi connectivity index (χ4v) is 1.72. The Morgan fingerprint density at radius 3 is 2.32 bits per heavy atom. The smallest absolute Gasteiger partial charge is 0.389 e. The fraction of sp³-hybridized carbons (Fsp3) is 0.500. The van der Waals surface area contributed by atoms with Gasteiger partial charge in [0.1, 0.15) is 0 Å². The molecule has 1 aromatic carbocycles. The molecule has 7 heteroatoms. The third kappa shape index (κ3) is 4.60. The van der Waals surface area contributed by atoms with E-state index in [9.17, 15) is 13.2 Å². The average Bonchev–Trinajstić information content (AvgIpc) is 2.37. The molecule has 0 aromatic heterocycles. The van der Waals surface area contributed by atoms with Crippen LogP contribution in [0.25, 0.3) is 0 Å². The second-order valence-corrected chi connectivity index (χ2v) is 3.99. The normalized spacial score (nSPS) is 13.2. The number of nitrogens with one attached hydrogen (secondary N) is 1. The summed E-state index contributed by atoms with van der Waals surface area (Å²) in [7, 11) is 2.95. The molecule has 3 N–H and O–H groups in total. The first-order valence-corrected chi connectivity index (χ1v) is 5.66. The minimum atomic E-state index is -4.20. The Kier molecular flexibility index (Phi) is 5.44. The van der Waals surface area contributed by atoms with Crippen molar-refractivity contribution in [2.45, 2.75) is 25.1 Å². The van der Waals surface area contributed by atoms with Crippen LogP contribution in [0, 0.1) is 0 Å². The van der Waals surface area contributed by atoms with Crippen LogP contribution in [0.1, 0.15) is 24.4 Å². The van der Waals surface area contributed by atoms with Crippen molar-refractivity contribution < 1.29 is 22.6 Å². The summed E-state index contributed by atoms with van der Waals surface area (Å²) in [6, 6.07) is 4.30. The predicted molar refractivity (Wildman–Crippen MR) is 64.9 cm³/mol. The van der Waals surface area contributed by atoms with Crippen molar-refractivity contribution in [3.8, 4) is 11.5 Å². The van der Waals surface area contributed by atoms with Crippen molar-refractivity contribution in [1.29, 1.82) is 0 Å². The van der Waals surface area contributed by atoms with Gasteiger partial charge in [-0.1, -0.05) is 6.07 Å². The van der Waals surface area contributed by atoms with Gasteiger partial charge in [0.25, 0.3) is 0 Å². The lowest BCUT2D eigenvalue weighted by molar-refractivity contribution is -0.136. The molecule has 19 heavy (non-hydrogen) atoms. The molecule has 0 amide bonds. The zero-order valence-corrected chi connectivity index (χ0v) is 10.8. The zero-order valence-electron chi connectivity index (χ0n) is 10.8. The number of ether oxygens (including phenoxy) is 2. The molecule has 0 spiro atoms. The quantitative estimate of drug-likeness (QED) is 0.620. The van der Waals surface area contributed by atoms with Crippen LogP contribution in [0.5, 0.6) is 11.5 Å². The van der Waals surface area contributed by atoms with Gasteiger partial charge < -0.3 is 9.47 Å². The SMILES string of the molecule is COc1ccc(C(CCC(F)(F)F)NN)cc1OC. The van der Waals surface area contributed by atoms with Crippen molar-refractivity contribution in [3.63, 3.8) is 0 Å². The maximum atomic E-state index is 12.2. The number of hydrogen-bond acceptors (Lipinski definition) is 4. The highest BCUT2D eigenvalue weighted by molar-refractivity contribution is 5.43. The van der Waals surface area contributed by atoms with Crippen LogP contribution < -0.4 is 20.7 Å². The summed E-state index contributed by atoms with van der Waals surface area (Å²) in [6.45, 7) is 0. The third-order valence-electron chi connectivity index (χ3n) is 2.73. The van der Waals surface area contributed by atoms with Crippen LogP contribution in [0.3, 0.4) is 0 Å². The summed E-state index contributed by atoms with van der Waals surface area (Å²) in [5.41, 5.74) is 3.00. The van der Waals surface area contributed by atoms with E-state index in [2.05, 4.69) is 5.43 Å². The van der Waals surface area contributed by atoms with Crippen LogP contribution in [0.2, 0.25) is 0 Å². The van der Waals surface area contributed by atoms with Crippen LogP contribution in [-0.4, -0.2) is 20.4 Å². The Morgan fingerprint density at radius 1 is 1.21 bits per heavy atom. The fourth-order valence-electron chi connectivity index (χ4n) is 1.72. The van der Waals surface area contributed by atoms with Crippen molar-refractivity contribution in [3.05, 3.63) is 23.8 Å². The Hall–Kier alpha value is -1.47. The number of methoxy groups -OCH3 is 2. The van der Waals surface area contributed by atoms with E-state index >= 15 is 0 Å². The molecule has 0 heterocycles. The molecule has 1 rings (SSSR count). The van der Waals surface area contributed by atoms with Gasteiger partial charge in [0, 0.05) is 12.5 Å². The van der Waals surface area contributed by atoms with E-state index in [0.29, 0.717) is 17.1 Å². The Bertz CT molecular complexity index is 410. The Labute approximate surface area is 109 Å². The van der Waals surface area contributed by atoms with E-state index in [-0.39, 0.29) is 6.42 Å². The summed E-state index contributed by atoms with van der Waals surface area (Å²) in [4.78, 5) is 0. The second kappa shape index (κ2) is 6.63. The molecule has 0 aliphatic heterocycles. The highest BCUT2D eigenvalue weighted by atomic mass is 19.4. The maximum absolute atomic E-state index is 12.2. The van der Waals surface area contributed by atoms with Crippen molar-refractivity contribution >= 4 is 0 Å². The van der Waals surface area contributed by atoms with Crippen molar-refractivity contribution in [2.24, 2.45) is 5.84 Å². The third-order valence-corrected chi connectivity index (χ3v) is 2.73. The molecule has 1 aromatic rings. The lowest BCUT2D eigenvalue weighted by Gasteiger charge is -2.18. The van der Waals surface area contributed by atoms with Gasteiger partial charge in [-0.3, -0.25) is 11.3 Å². The Morgan fingerprint density at radius 2 is 1.84 bits per heavy atom. The number of rotatable bonds is 6. The highest BCUT2D eigenvalue weighted by Crippen LogP contribution is 2.32. The van der Waals surface area contributed by atoms with Gasteiger partial charge in [0.2, 0.25) is 0 Å². The minimum absolute atomic E-state index is 0.143. The molecule has 0 bridgehead atoms. The number of hydrazine groups is 1. The van der Waals surface area contributed by atoms with Gasteiger partial charge in [0.15, 0.2) is 11.5 Å². The van der Waals surface area contributed by atoms with E-state index in [1.807, 2.05) is 0 Å². The summed E-state index contributed by atoms with van der Waals surface area (Å²) >= 11 is 0. The van der Waals surface area contributed by atoms with Gasteiger partial charge in [0.05, 0.1) is 14.2 Å². The van der Waals surface area contributed by atoms with Crippen LogP contribution >= 0.6 is 0 Å². The number of benzene rings is 1. The van der Waals surface area contributed by atoms with Gasteiger partial charge in [-0.15, -0.1) is 0 Å². The lowest BCUT2D eigenvalue weighted by atomic mass is 10.0. The largest absolute Gasteiger partial charge is 0.493 e. The van der Waals surface area contributed by atoms with E-state index in [0.717, 1.165) is 0 Å². The van der Waals surface area contributed by atoms with Gasteiger partial charge in [-0.2, -0.15) is 13.2 Å². The number of halogens is 3. The molecule has 1 atom stereocenters.